The highest BCUT2D eigenvalue weighted by molar-refractivity contribution is 6.03. The second-order valence-corrected chi connectivity index (χ2v) is 9.92. The zero-order valence-electron chi connectivity index (χ0n) is 20.2. The third-order valence-corrected chi connectivity index (χ3v) is 5.20. The predicted molar refractivity (Wildman–Crippen MR) is 123 cm³/mol. The first-order chi connectivity index (χ1) is 14.0. The van der Waals surface area contributed by atoms with Gasteiger partial charge in [0, 0.05) is 0 Å². The van der Waals surface area contributed by atoms with Crippen LogP contribution in [0.2, 0.25) is 0 Å². The van der Waals surface area contributed by atoms with Gasteiger partial charge in [-0.05, 0) is 75.3 Å². The molecule has 0 radical (unpaired) electrons. The van der Waals surface area contributed by atoms with E-state index in [1.54, 1.807) is 24.3 Å². The summed E-state index contributed by atoms with van der Waals surface area (Å²) in [5.74, 6) is 1.25. The van der Waals surface area contributed by atoms with E-state index < -0.39 is 11.9 Å². The van der Waals surface area contributed by atoms with Crippen LogP contribution in [0.1, 0.15) is 102 Å². The van der Waals surface area contributed by atoms with Crippen LogP contribution in [0.5, 0.6) is 0 Å². The number of hydrogen-bond acceptors (Lipinski definition) is 4. The first-order valence-electron chi connectivity index (χ1n) is 11.5. The van der Waals surface area contributed by atoms with Crippen molar-refractivity contribution in [3.63, 3.8) is 0 Å². The molecule has 0 aromatic heterocycles. The molecule has 0 saturated carbocycles. The van der Waals surface area contributed by atoms with Gasteiger partial charge in [-0.15, -0.1) is 0 Å². The number of ether oxygens (including phenoxy) is 2. The Bertz CT molecular complexity index is 608. The lowest BCUT2D eigenvalue weighted by Gasteiger charge is -2.21. The predicted octanol–water partition coefficient (Wildman–Crippen LogP) is 6.92. The zero-order chi connectivity index (χ0) is 22.8. The molecule has 4 unspecified atom stereocenters. The van der Waals surface area contributed by atoms with E-state index in [0.717, 1.165) is 25.7 Å². The number of hydrogen-bond donors (Lipinski definition) is 0. The molecule has 4 nitrogen and oxygen atoms in total. The van der Waals surface area contributed by atoms with Crippen LogP contribution in [0.25, 0.3) is 0 Å². The summed E-state index contributed by atoms with van der Waals surface area (Å²) in [6.45, 7) is 17.0. The van der Waals surface area contributed by atoms with Gasteiger partial charge in [-0.1, -0.05) is 53.7 Å². The Balaban J connectivity index is 2.74. The van der Waals surface area contributed by atoms with Crippen LogP contribution in [-0.2, 0) is 9.47 Å². The van der Waals surface area contributed by atoms with E-state index >= 15 is 0 Å². The molecule has 0 fully saturated rings. The van der Waals surface area contributed by atoms with Crippen molar-refractivity contribution in [2.75, 3.05) is 0 Å². The maximum Gasteiger partial charge on any atom is 0.339 e. The van der Waals surface area contributed by atoms with E-state index in [-0.39, 0.29) is 23.3 Å². The SMILES string of the molecule is CC(C)CC(C)CC(C)OC(=O)c1ccccc1C(=O)OC(C)CC(C)CC(C)C. The molecule has 170 valence electrons. The Labute approximate surface area is 183 Å². The first-order valence-corrected chi connectivity index (χ1v) is 11.5. The van der Waals surface area contributed by atoms with Gasteiger partial charge < -0.3 is 9.47 Å². The summed E-state index contributed by atoms with van der Waals surface area (Å²) in [4.78, 5) is 25.5. The topological polar surface area (TPSA) is 52.6 Å². The Morgan fingerprint density at radius 1 is 0.633 bits per heavy atom. The molecule has 1 aromatic carbocycles. The molecule has 1 rings (SSSR count). The second kappa shape index (κ2) is 12.8. The van der Waals surface area contributed by atoms with Crippen molar-refractivity contribution < 1.29 is 19.1 Å². The molecule has 1 aromatic rings. The van der Waals surface area contributed by atoms with E-state index in [1.807, 2.05) is 13.8 Å². The maximum atomic E-state index is 12.7. The van der Waals surface area contributed by atoms with Gasteiger partial charge in [-0.3, -0.25) is 0 Å². The molecule has 0 saturated heterocycles. The van der Waals surface area contributed by atoms with Crippen molar-refractivity contribution in [3.8, 4) is 0 Å². The number of esters is 2. The van der Waals surface area contributed by atoms with Gasteiger partial charge >= 0.3 is 11.9 Å². The minimum Gasteiger partial charge on any atom is -0.459 e. The highest BCUT2D eigenvalue weighted by Gasteiger charge is 2.23. The van der Waals surface area contributed by atoms with Crippen LogP contribution in [0.3, 0.4) is 0 Å². The van der Waals surface area contributed by atoms with Crippen molar-refractivity contribution in [1.29, 1.82) is 0 Å². The lowest BCUT2D eigenvalue weighted by molar-refractivity contribution is 0.0239. The van der Waals surface area contributed by atoms with Gasteiger partial charge in [0.05, 0.1) is 23.3 Å². The molecule has 30 heavy (non-hydrogen) atoms. The third kappa shape index (κ3) is 9.77. The molecular formula is C26H42O4. The Morgan fingerprint density at radius 2 is 0.967 bits per heavy atom. The molecule has 0 heterocycles. The van der Waals surface area contributed by atoms with Crippen LogP contribution >= 0.6 is 0 Å². The van der Waals surface area contributed by atoms with Gasteiger partial charge in [0.25, 0.3) is 0 Å². The number of rotatable bonds is 12. The van der Waals surface area contributed by atoms with Crippen molar-refractivity contribution in [1.82, 2.24) is 0 Å². The highest BCUT2D eigenvalue weighted by Crippen LogP contribution is 2.21. The summed E-state index contributed by atoms with van der Waals surface area (Å²) in [6, 6.07) is 6.76. The minimum atomic E-state index is -0.465. The molecule has 0 spiro atoms. The summed E-state index contributed by atoms with van der Waals surface area (Å²) in [6.07, 6.45) is 3.40. The fraction of sp³-hybridized carbons (Fsp3) is 0.692. The van der Waals surface area contributed by atoms with Crippen LogP contribution in [0, 0.1) is 23.7 Å². The average Bonchev–Trinajstić information content (AvgIpc) is 2.59. The first kappa shape index (κ1) is 26.2. The molecule has 4 atom stereocenters. The number of carbonyl (C=O) groups excluding carboxylic acids is 2. The summed E-state index contributed by atoms with van der Waals surface area (Å²) in [5.41, 5.74) is 0.543. The van der Waals surface area contributed by atoms with Gasteiger partial charge in [-0.25, -0.2) is 9.59 Å². The lowest BCUT2D eigenvalue weighted by Crippen LogP contribution is -2.23. The minimum absolute atomic E-state index is 0.203. The molecule has 4 heteroatoms. The average molecular weight is 419 g/mol. The Kier molecular flexibility index (Phi) is 11.1. The van der Waals surface area contributed by atoms with Crippen molar-refractivity contribution in [2.45, 2.75) is 93.3 Å². The molecule has 0 aliphatic carbocycles. The van der Waals surface area contributed by atoms with Gasteiger partial charge in [0.15, 0.2) is 0 Å². The fourth-order valence-electron chi connectivity index (χ4n) is 4.36. The van der Waals surface area contributed by atoms with Gasteiger partial charge in [-0.2, -0.15) is 0 Å². The van der Waals surface area contributed by atoms with Gasteiger partial charge in [0.2, 0.25) is 0 Å². The van der Waals surface area contributed by atoms with E-state index in [4.69, 9.17) is 9.47 Å². The van der Waals surface area contributed by atoms with Crippen LogP contribution in [0.4, 0.5) is 0 Å². The molecule has 0 bridgehead atoms. The zero-order valence-corrected chi connectivity index (χ0v) is 20.2. The normalized spacial score (nSPS) is 15.5. The van der Waals surface area contributed by atoms with Crippen molar-refractivity contribution in [3.05, 3.63) is 35.4 Å². The van der Waals surface area contributed by atoms with E-state index in [0.29, 0.717) is 23.7 Å². The summed E-state index contributed by atoms with van der Waals surface area (Å²) < 4.78 is 11.3. The summed E-state index contributed by atoms with van der Waals surface area (Å²) in [7, 11) is 0. The Hall–Kier alpha value is -1.84. The largest absolute Gasteiger partial charge is 0.459 e. The lowest BCUT2D eigenvalue weighted by atomic mass is 9.94. The van der Waals surface area contributed by atoms with E-state index in [1.165, 1.54) is 0 Å². The monoisotopic (exact) mass is 418 g/mol. The fourth-order valence-corrected chi connectivity index (χ4v) is 4.36. The molecule has 0 aliphatic heterocycles. The molecule has 0 N–H and O–H groups in total. The van der Waals surface area contributed by atoms with Crippen LogP contribution in [0.15, 0.2) is 24.3 Å². The summed E-state index contributed by atoms with van der Waals surface area (Å²) >= 11 is 0. The standard InChI is InChI=1S/C26H42O4/c1-17(2)13-19(5)15-21(7)29-25(27)23-11-9-10-12-24(23)26(28)30-22(8)16-20(6)14-18(3)4/h9-12,17-22H,13-16H2,1-8H3. The smallest absolute Gasteiger partial charge is 0.339 e. The van der Waals surface area contributed by atoms with Crippen molar-refractivity contribution in [2.24, 2.45) is 23.7 Å². The quantitative estimate of drug-likeness (QED) is 0.346. The molecule has 0 amide bonds. The number of benzene rings is 1. The highest BCUT2D eigenvalue weighted by atomic mass is 16.5. The third-order valence-electron chi connectivity index (χ3n) is 5.20. The van der Waals surface area contributed by atoms with E-state index in [9.17, 15) is 9.59 Å². The van der Waals surface area contributed by atoms with Crippen molar-refractivity contribution >= 4 is 11.9 Å². The Morgan fingerprint density at radius 3 is 1.27 bits per heavy atom. The second-order valence-electron chi connectivity index (χ2n) is 9.92. The van der Waals surface area contributed by atoms with Crippen LogP contribution < -0.4 is 0 Å². The van der Waals surface area contributed by atoms with Crippen LogP contribution in [-0.4, -0.2) is 24.1 Å². The molecule has 0 aliphatic rings. The molecular weight excluding hydrogens is 376 g/mol. The van der Waals surface area contributed by atoms with E-state index in [2.05, 4.69) is 41.5 Å². The van der Waals surface area contributed by atoms with Gasteiger partial charge in [0.1, 0.15) is 0 Å². The summed E-state index contributed by atoms with van der Waals surface area (Å²) in [5, 5.41) is 0. The maximum absolute atomic E-state index is 12.7. The number of carbonyl (C=O) groups is 2.